The van der Waals surface area contributed by atoms with Crippen molar-refractivity contribution in [3.05, 3.63) is 19.2 Å². The molecule has 1 saturated heterocycles. The highest BCUT2D eigenvalue weighted by Gasteiger charge is 2.33. The number of piperidine rings is 1. The molecule has 2 heterocycles. The molecule has 1 aliphatic heterocycles. The van der Waals surface area contributed by atoms with E-state index in [1.165, 1.54) is 11.3 Å². The molecule has 1 aromatic rings. The van der Waals surface area contributed by atoms with Crippen molar-refractivity contribution >= 4 is 55.1 Å². The molecule has 7 heteroatoms. The summed E-state index contributed by atoms with van der Waals surface area (Å²) in [6, 6.07) is 1.75. The summed E-state index contributed by atoms with van der Waals surface area (Å²) in [7, 11) is 0. The van der Waals surface area contributed by atoms with Crippen molar-refractivity contribution < 1.29 is 14.7 Å². The first-order valence-electron chi connectivity index (χ1n) is 5.88. The van der Waals surface area contributed by atoms with Crippen LogP contribution >= 0.6 is 43.2 Å². The molecule has 0 aromatic carbocycles. The lowest BCUT2D eigenvalue weighted by molar-refractivity contribution is -0.143. The first-order chi connectivity index (χ1) is 8.90. The van der Waals surface area contributed by atoms with Gasteiger partial charge in [-0.15, -0.1) is 11.3 Å². The van der Waals surface area contributed by atoms with Gasteiger partial charge in [0.05, 0.1) is 19.1 Å². The average Bonchev–Trinajstić information content (AvgIpc) is 2.67. The van der Waals surface area contributed by atoms with Gasteiger partial charge in [-0.05, 0) is 57.7 Å². The van der Waals surface area contributed by atoms with Crippen LogP contribution in [0.1, 0.15) is 30.1 Å². The Bertz CT molecular complexity index is 517. The molecule has 0 saturated carbocycles. The number of rotatable bonds is 2. The van der Waals surface area contributed by atoms with Gasteiger partial charge in [0.1, 0.15) is 0 Å². The van der Waals surface area contributed by atoms with Crippen LogP contribution in [0, 0.1) is 5.92 Å². The predicted molar refractivity (Wildman–Crippen MR) is 80.6 cm³/mol. The van der Waals surface area contributed by atoms with Gasteiger partial charge in [0.2, 0.25) is 0 Å². The summed E-state index contributed by atoms with van der Waals surface area (Å²) >= 11 is 8.21. The maximum absolute atomic E-state index is 12.5. The normalized spacial score (nSPS) is 23.4. The summed E-state index contributed by atoms with van der Waals surface area (Å²) in [5.41, 5.74) is 0.637. The zero-order valence-electron chi connectivity index (χ0n) is 10.2. The molecule has 4 nitrogen and oxygen atoms in total. The van der Waals surface area contributed by atoms with E-state index in [0.29, 0.717) is 24.9 Å². The fourth-order valence-corrected chi connectivity index (χ4v) is 5.12. The third-order valence-corrected chi connectivity index (χ3v) is 5.71. The lowest BCUT2D eigenvalue weighted by Crippen LogP contribution is -2.46. The lowest BCUT2D eigenvalue weighted by atomic mass is 9.91. The van der Waals surface area contributed by atoms with Crippen LogP contribution in [0.5, 0.6) is 0 Å². The van der Waals surface area contributed by atoms with E-state index < -0.39 is 5.97 Å². The van der Waals surface area contributed by atoms with Crippen molar-refractivity contribution in [1.82, 2.24) is 4.90 Å². The fraction of sp³-hybridized carbons (Fsp3) is 0.500. The number of carbonyl (C=O) groups excluding carboxylic acids is 1. The Hall–Kier alpha value is -0.400. The second-order valence-corrected chi connectivity index (χ2v) is 8.39. The van der Waals surface area contributed by atoms with E-state index in [0.717, 1.165) is 7.57 Å². The summed E-state index contributed by atoms with van der Waals surface area (Å²) in [5, 5.41) is 9.03. The van der Waals surface area contributed by atoms with Crippen LogP contribution in [0.3, 0.4) is 0 Å². The van der Waals surface area contributed by atoms with Crippen molar-refractivity contribution in [3.63, 3.8) is 0 Å². The summed E-state index contributed by atoms with van der Waals surface area (Å²) in [4.78, 5) is 25.2. The molecular weight excluding hydrogens is 398 g/mol. The van der Waals surface area contributed by atoms with Crippen molar-refractivity contribution in [2.75, 3.05) is 6.54 Å². The van der Waals surface area contributed by atoms with E-state index in [9.17, 15) is 9.59 Å². The summed E-state index contributed by atoms with van der Waals surface area (Å²) in [5.74, 6) is -1.14. The summed E-state index contributed by atoms with van der Waals surface area (Å²) in [6.07, 6.45) is 1.04. The molecule has 1 fully saturated rings. The van der Waals surface area contributed by atoms with E-state index in [4.69, 9.17) is 5.11 Å². The number of carboxylic acid groups (broad SMARTS) is 1. The number of likely N-dealkylation sites (tertiary alicyclic amines) is 1. The molecule has 19 heavy (non-hydrogen) atoms. The molecule has 2 rings (SSSR count). The maximum Gasteiger partial charge on any atom is 0.306 e. The number of thiophene rings is 1. The van der Waals surface area contributed by atoms with Gasteiger partial charge >= 0.3 is 5.97 Å². The lowest BCUT2D eigenvalue weighted by Gasteiger charge is -2.36. The van der Waals surface area contributed by atoms with E-state index in [-0.39, 0.29) is 17.9 Å². The Morgan fingerprint density at radius 2 is 2.16 bits per heavy atom. The zero-order valence-corrected chi connectivity index (χ0v) is 14.2. The van der Waals surface area contributed by atoms with Crippen LogP contribution in [-0.4, -0.2) is 34.5 Å². The van der Waals surface area contributed by atoms with Gasteiger partial charge in [0.25, 0.3) is 5.91 Å². The minimum atomic E-state index is -0.765. The van der Waals surface area contributed by atoms with Crippen LogP contribution in [0.4, 0.5) is 0 Å². The number of hydrogen-bond donors (Lipinski definition) is 1. The smallest absolute Gasteiger partial charge is 0.306 e. The van der Waals surface area contributed by atoms with Crippen molar-refractivity contribution in [3.8, 4) is 0 Å². The second-order valence-electron chi connectivity index (χ2n) is 4.64. The Labute approximate surface area is 132 Å². The summed E-state index contributed by atoms with van der Waals surface area (Å²) in [6.45, 7) is 2.40. The Morgan fingerprint density at radius 1 is 1.47 bits per heavy atom. The molecule has 1 amide bonds. The van der Waals surface area contributed by atoms with Gasteiger partial charge in [-0.1, -0.05) is 0 Å². The molecular formula is C12H13Br2NO3S. The quantitative estimate of drug-likeness (QED) is 0.810. The Kier molecular flexibility index (Phi) is 4.68. The molecule has 0 aliphatic carbocycles. The van der Waals surface area contributed by atoms with Crippen LogP contribution in [0.2, 0.25) is 0 Å². The minimum absolute atomic E-state index is 0.0369. The molecule has 104 valence electrons. The number of carboxylic acids is 1. The Morgan fingerprint density at radius 3 is 2.63 bits per heavy atom. The van der Waals surface area contributed by atoms with Gasteiger partial charge in [-0.25, -0.2) is 0 Å². The number of amides is 1. The second kappa shape index (κ2) is 5.93. The van der Waals surface area contributed by atoms with Crippen molar-refractivity contribution in [2.24, 2.45) is 5.92 Å². The molecule has 1 aliphatic rings. The van der Waals surface area contributed by atoms with Gasteiger partial charge in [-0.3, -0.25) is 9.59 Å². The Balaban J connectivity index is 2.13. The topological polar surface area (TPSA) is 57.6 Å². The highest BCUT2D eigenvalue weighted by molar-refractivity contribution is 9.12. The largest absolute Gasteiger partial charge is 0.481 e. The van der Waals surface area contributed by atoms with Crippen LogP contribution < -0.4 is 0 Å². The number of aliphatic carboxylic acids is 1. The molecule has 1 N–H and O–H groups in total. The van der Waals surface area contributed by atoms with Gasteiger partial charge in [0, 0.05) is 12.6 Å². The first-order valence-corrected chi connectivity index (χ1v) is 8.29. The predicted octanol–water partition coefficient (Wildman–Crippen LogP) is 3.60. The molecule has 2 unspecified atom stereocenters. The van der Waals surface area contributed by atoms with Crippen molar-refractivity contribution in [2.45, 2.75) is 25.8 Å². The molecule has 0 radical (unpaired) electrons. The molecule has 0 spiro atoms. The molecule has 1 aromatic heterocycles. The van der Waals surface area contributed by atoms with Crippen LogP contribution in [0.15, 0.2) is 13.6 Å². The summed E-state index contributed by atoms with van der Waals surface area (Å²) < 4.78 is 1.70. The van der Waals surface area contributed by atoms with E-state index in [1.807, 2.05) is 6.92 Å². The number of carbonyl (C=O) groups is 2. The van der Waals surface area contributed by atoms with E-state index in [2.05, 4.69) is 31.9 Å². The number of nitrogens with zero attached hydrogens (tertiary/aromatic N) is 1. The van der Waals surface area contributed by atoms with Gasteiger partial charge < -0.3 is 10.0 Å². The highest BCUT2D eigenvalue weighted by atomic mass is 79.9. The van der Waals surface area contributed by atoms with Gasteiger partial charge in [-0.2, -0.15) is 0 Å². The molecule has 2 atom stereocenters. The third-order valence-electron chi connectivity index (χ3n) is 3.37. The fourth-order valence-electron chi connectivity index (χ4n) is 2.34. The number of halogens is 2. The standard InChI is InChI=1S/C12H13Br2NO3S/c1-6-4-7(12(17)18)2-3-15(6)11(16)8-5-9(13)19-10(8)14/h5-7H,2-4H2,1H3,(H,17,18). The van der Waals surface area contributed by atoms with E-state index in [1.54, 1.807) is 11.0 Å². The first kappa shape index (κ1) is 15.0. The SMILES string of the molecule is CC1CC(C(=O)O)CCN1C(=O)c1cc(Br)sc1Br. The van der Waals surface area contributed by atoms with Gasteiger partial charge in [0.15, 0.2) is 0 Å². The van der Waals surface area contributed by atoms with Crippen LogP contribution in [0.25, 0.3) is 0 Å². The average molecular weight is 411 g/mol. The number of hydrogen-bond acceptors (Lipinski definition) is 3. The zero-order chi connectivity index (χ0) is 14.2. The maximum atomic E-state index is 12.5. The monoisotopic (exact) mass is 409 g/mol. The highest BCUT2D eigenvalue weighted by Crippen LogP contribution is 2.34. The van der Waals surface area contributed by atoms with E-state index >= 15 is 0 Å². The minimum Gasteiger partial charge on any atom is -0.481 e. The molecule has 0 bridgehead atoms. The van der Waals surface area contributed by atoms with Crippen LogP contribution in [-0.2, 0) is 4.79 Å². The third kappa shape index (κ3) is 3.20. The van der Waals surface area contributed by atoms with Crippen molar-refractivity contribution in [1.29, 1.82) is 0 Å².